The van der Waals surface area contributed by atoms with Crippen molar-refractivity contribution in [2.45, 2.75) is 32.1 Å². The van der Waals surface area contributed by atoms with Crippen LogP contribution in [0.2, 0.25) is 0 Å². The molecule has 27 heavy (non-hydrogen) atoms. The first kappa shape index (κ1) is 18.2. The molecule has 0 aliphatic carbocycles. The maximum atomic E-state index is 11.9. The van der Waals surface area contributed by atoms with E-state index in [2.05, 4.69) is 57.2 Å². The summed E-state index contributed by atoms with van der Waals surface area (Å²) in [5, 5.41) is 1.08. The Hall–Kier alpha value is -2.20. The van der Waals surface area contributed by atoms with E-state index in [4.69, 9.17) is 4.98 Å². The Labute approximate surface area is 168 Å². The lowest BCUT2D eigenvalue weighted by Gasteiger charge is -2.32. The second kappa shape index (κ2) is 7.81. The molecule has 1 aromatic heterocycles. The lowest BCUT2D eigenvalue weighted by Crippen LogP contribution is -2.31. The first-order chi connectivity index (χ1) is 13.2. The van der Waals surface area contributed by atoms with Crippen molar-refractivity contribution in [2.24, 2.45) is 0 Å². The van der Waals surface area contributed by atoms with Gasteiger partial charge in [0, 0.05) is 34.4 Å². The summed E-state index contributed by atoms with van der Waals surface area (Å²) < 4.78 is 1.02. The zero-order valence-electron chi connectivity index (χ0n) is 15.5. The molecule has 0 amide bonds. The van der Waals surface area contributed by atoms with Gasteiger partial charge in [-0.3, -0.25) is 0 Å². The van der Waals surface area contributed by atoms with Crippen LogP contribution in [0.3, 0.4) is 0 Å². The molecule has 3 nitrogen and oxygen atoms in total. The Morgan fingerprint density at radius 2 is 1.81 bits per heavy atom. The average molecular weight is 423 g/mol. The minimum absolute atomic E-state index is 0.215. The molecule has 1 unspecified atom stereocenters. The molecule has 0 radical (unpaired) electrons. The van der Waals surface area contributed by atoms with Crippen LogP contribution >= 0.6 is 15.9 Å². The Morgan fingerprint density at radius 1 is 1.07 bits per heavy atom. The molecule has 0 bridgehead atoms. The average Bonchev–Trinajstić information content (AvgIpc) is 2.73. The number of pyridine rings is 1. The van der Waals surface area contributed by atoms with E-state index in [1.165, 1.54) is 19.3 Å². The fraction of sp³-hybridized carbons (Fsp3) is 0.304. The predicted octanol–water partition coefficient (Wildman–Crippen LogP) is 5.96. The van der Waals surface area contributed by atoms with Crippen molar-refractivity contribution in [3.8, 4) is 11.1 Å². The van der Waals surface area contributed by atoms with Gasteiger partial charge in [-0.2, -0.15) is 0 Å². The lowest BCUT2D eigenvalue weighted by molar-refractivity contribution is -0.108. The molecule has 138 valence electrons. The predicted molar refractivity (Wildman–Crippen MR) is 115 cm³/mol. The van der Waals surface area contributed by atoms with E-state index in [1.54, 1.807) is 0 Å². The number of piperidine rings is 1. The topological polar surface area (TPSA) is 33.2 Å². The van der Waals surface area contributed by atoms with E-state index in [1.807, 2.05) is 19.1 Å². The number of fused-ring (bicyclic) bond motifs is 1. The number of anilines is 1. The number of halogens is 1. The smallest absolute Gasteiger partial charge is 0.133 e. The monoisotopic (exact) mass is 422 g/mol. The first-order valence-corrected chi connectivity index (χ1v) is 10.4. The number of carbonyl (C=O) groups excluding carboxylic acids is 1. The second-order valence-electron chi connectivity index (χ2n) is 7.22. The quantitative estimate of drug-likeness (QED) is 0.486. The first-order valence-electron chi connectivity index (χ1n) is 9.58. The Balaban J connectivity index is 2.08. The number of carbonyl (C=O) groups is 1. The maximum Gasteiger partial charge on any atom is 0.133 e. The summed E-state index contributed by atoms with van der Waals surface area (Å²) >= 11 is 3.61. The third-order valence-corrected chi connectivity index (χ3v) is 5.84. The highest BCUT2D eigenvalue weighted by atomic mass is 79.9. The van der Waals surface area contributed by atoms with E-state index in [9.17, 15) is 4.79 Å². The molecular formula is C23H23BrN2O. The third kappa shape index (κ3) is 3.51. The van der Waals surface area contributed by atoms with E-state index in [-0.39, 0.29) is 5.92 Å². The summed E-state index contributed by atoms with van der Waals surface area (Å²) in [7, 11) is 0. The van der Waals surface area contributed by atoms with E-state index in [0.717, 1.165) is 57.3 Å². The van der Waals surface area contributed by atoms with Crippen molar-refractivity contribution in [1.82, 2.24) is 4.98 Å². The van der Waals surface area contributed by atoms with Crippen LogP contribution in [0.25, 0.3) is 22.0 Å². The number of benzene rings is 2. The fourth-order valence-electron chi connectivity index (χ4n) is 4.00. The highest BCUT2D eigenvalue weighted by molar-refractivity contribution is 9.10. The minimum Gasteiger partial charge on any atom is -0.356 e. The van der Waals surface area contributed by atoms with Gasteiger partial charge in [-0.25, -0.2) is 4.98 Å². The molecule has 0 N–H and O–H groups in total. The SMILES string of the molecule is CC(C=O)c1c(N2CCCCC2)nc2ccc(Br)cc2c1-c1ccccc1. The zero-order chi connectivity index (χ0) is 18.8. The lowest BCUT2D eigenvalue weighted by atomic mass is 9.89. The Morgan fingerprint density at radius 3 is 2.52 bits per heavy atom. The van der Waals surface area contributed by atoms with Gasteiger partial charge >= 0.3 is 0 Å². The molecule has 4 rings (SSSR count). The summed E-state index contributed by atoms with van der Waals surface area (Å²) in [6.45, 7) is 3.98. The Bertz CT molecular complexity index is 965. The van der Waals surface area contributed by atoms with E-state index in [0.29, 0.717) is 0 Å². The maximum absolute atomic E-state index is 11.9. The molecule has 2 heterocycles. The van der Waals surface area contributed by atoms with Gasteiger partial charge in [-0.15, -0.1) is 0 Å². The van der Waals surface area contributed by atoms with Crippen molar-refractivity contribution >= 4 is 38.9 Å². The molecular weight excluding hydrogens is 400 g/mol. The molecule has 0 saturated carbocycles. The number of hydrogen-bond donors (Lipinski definition) is 0. The van der Waals surface area contributed by atoms with Gasteiger partial charge in [-0.05, 0) is 48.6 Å². The van der Waals surface area contributed by atoms with Crippen LogP contribution in [-0.2, 0) is 4.79 Å². The standard InChI is InChI=1S/C23H23BrN2O/c1-16(15-27)21-22(17-8-4-2-5-9-17)19-14-18(24)10-11-20(19)25-23(21)26-12-6-3-7-13-26/h2,4-5,8-11,14-16H,3,6-7,12-13H2,1H3. The number of aldehydes is 1. The molecule has 3 aromatic rings. The molecule has 2 aromatic carbocycles. The van der Waals surface area contributed by atoms with Crippen LogP contribution < -0.4 is 4.90 Å². The molecule has 1 aliphatic heterocycles. The van der Waals surface area contributed by atoms with Crippen LogP contribution in [0.5, 0.6) is 0 Å². The minimum atomic E-state index is -0.215. The van der Waals surface area contributed by atoms with Crippen molar-refractivity contribution in [1.29, 1.82) is 0 Å². The third-order valence-electron chi connectivity index (χ3n) is 5.34. The fourth-order valence-corrected chi connectivity index (χ4v) is 4.36. The molecule has 1 aliphatic rings. The zero-order valence-corrected chi connectivity index (χ0v) is 17.1. The van der Waals surface area contributed by atoms with Crippen LogP contribution in [-0.4, -0.2) is 24.4 Å². The molecule has 1 fully saturated rings. The van der Waals surface area contributed by atoms with Crippen LogP contribution in [0.1, 0.15) is 37.7 Å². The van der Waals surface area contributed by atoms with Crippen LogP contribution in [0.15, 0.2) is 53.0 Å². The normalized spacial score (nSPS) is 15.7. The highest BCUT2D eigenvalue weighted by Gasteiger charge is 2.25. The van der Waals surface area contributed by atoms with E-state index < -0.39 is 0 Å². The largest absolute Gasteiger partial charge is 0.356 e. The number of nitrogens with zero attached hydrogens (tertiary/aromatic N) is 2. The van der Waals surface area contributed by atoms with Gasteiger partial charge < -0.3 is 9.69 Å². The van der Waals surface area contributed by atoms with Crippen LogP contribution in [0.4, 0.5) is 5.82 Å². The van der Waals surface area contributed by atoms with Crippen molar-refractivity contribution in [3.63, 3.8) is 0 Å². The number of rotatable bonds is 4. The number of aromatic nitrogens is 1. The van der Waals surface area contributed by atoms with Gasteiger partial charge in [0.15, 0.2) is 0 Å². The molecule has 0 spiro atoms. The van der Waals surface area contributed by atoms with Crippen molar-refractivity contribution in [2.75, 3.05) is 18.0 Å². The Kier molecular flexibility index (Phi) is 5.26. The van der Waals surface area contributed by atoms with E-state index >= 15 is 0 Å². The summed E-state index contributed by atoms with van der Waals surface area (Å²) in [5.41, 5.74) is 4.27. The summed E-state index contributed by atoms with van der Waals surface area (Å²) in [4.78, 5) is 19.3. The molecule has 1 atom stereocenters. The summed E-state index contributed by atoms with van der Waals surface area (Å²) in [6, 6.07) is 16.6. The van der Waals surface area contributed by atoms with Gasteiger partial charge in [-0.1, -0.05) is 53.2 Å². The van der Waals surface area contributed by atoms with Gasteiger partial charge in [0.25, 0.3) is 0 Å². The number of hydrogen-bond acceptors (Lipinski definition) is 3. The molecule has 4 heteroatoms. The van der Waals surface area contributed by atoms with Crippen molar-refractivity contribution in [3.05, 3.63) is 58.6 Å². The van der Waals surface area contributed by atoms with Crippen LogP contribution in [0, 0.1) is 0 Å². The van der Waals surface area contributed by atoms with Gasteiger partial charge in [0.1, 0.15) is 12.1 Å². The van der Waals surface area contributed by atoms with Crippen molar-refractivity contribution < 1.29 is 4.79 Å². The van der Waals surface area contributed by atoms with Gasteiger partial charge in [0.2, 0.25) is 0 Å². The summed E-state index contributed by atoms with van der Waals surface area (Å²) in [6.07, 6.45) is 4.66. The summed E-state index contributed by atoms with van der Waals surface area (Å²) in [5.74, 6) is 0.760. The second-order valence-corrected chi connectivity index (χ2v) is 8.14. The highest BCUT2D eigenvalue weighted by Crippen LogP contribution is 2.41. The molecule has 1 saturated heterocycles. The van der Waals surface area contributed by atoms with Gasteiger partial charge in [0.05, 0.1) is 5.52 Å².